The molecule has 1 aliphatic heterocycles. The van der Waals surface area contributed by atoms with Crippen LogP contribution in [0.15, 0.2) is 18.3 Å². The summed E-state index contributed by atoms with van der Waals surface area (Å²) in [4.78, 5) is 6.24. The van der Waals surface area contributed by atoms with Crippen molar-refractivity contribution in [1.82, 2.24) is 4.98 Å². The molecular weight excluding hydrogens is 191 g/mol. The van der Waals surface area contributed by atoms with Crippen LogP contribution >= 0.6 is 0 Å². The zero-order valence-corrected chi connectivity index (χ0v) is 8.75. The SMILES string of the molecule is Fc1cccnc1N1CCC2(CCC2)C1. The van der Waals surface area contributed by atoms with E-state index in [9.17, 15) is 4.39 Å². The van der Waals surface area contributed by atoms with Crippen molar-refractivity contribution in [3.8, 4) is 0 Å². The highest BCUT2D eigenvalue weighted by Gasteiger charge is 2.43. The van der Waals surface area contributed by atoms with Gasteiger partial charge in [-0.1, -0.05) is 6.42 Å². The Morgan fingerprint density at radius 2 is 2.20 bits per heavy atom. The quantitative estimate of drug-likeness (QED) is 0.702. The highest BCUT2D eigenvalue weighted by molar-refractivity contribution is 5.41. The highest BCUT2D eigenvalue weighted by Crippen LogP contribution is 2.48. The maximum Gasteiger partial charge on any atom is 0.165 e. The van der Waals surface area contributed by atoms with E-state index in [0.29, 0.717) is 11.2 Å². The van der Waals surface area contributed by atoms with Gasteiger partial charge in [-0.3, -0.25) is 0 Å². The van der Waals surface area contributed by atoms with Crippen molar-refractivity contribution >= 4 is 5.82 Å². The number of hydrogen-bond acceptors (Lipinski definition) is 2. The molecule has 1 spiro atoms. The average molecular weight is 206 g/mol. The fraction of sp³-hybridized carbons (Fsp3) is 0.583. The molecule has 0 unspecified atom stereocenters. The molecule has 0 aromatic carbocycles. The molecule has 1 saturated heterocycles. The van der Waals surface area contributed by atoms with Crippen molar-refractivity contribution in [3.63, 3.8) is 0 Å². The Hall–Kier alpha value is -1.12. The van der Waals surface area contributed by atoms with E-state index in [1.54, 1.807) is 12.3 Å². The van der Waals surface area contributed by atoms with Crippen LogP contribution in [0.3, 0.4) is 0 Å². The summed E-state index contributed by atoms with van der Waals surface area (Å²) < 4.78 is 13.5. The van der Waals surface area contributed by atoms with E-state index in [0.717, 1.165) is 13.1 Å². The molecular formula is C12H15FN2. The average Bonchev–Trinajstić information content (AvgIpc) is 2.63. The lowest BCUT2D eigenvalue weighted by Crippen LogP contribution is -2.33. The molecule has 0 radical (unpaired) electrons. The molecule has 1 aromatic heterocycles. The molecule has 3 rings (SSSR count). The maximum atomic E-state index is 13.5. The number of rotatable bonds is 1. The summed E-state index contributed by atoms with van der Waals surface area (Å²) >= 11 is 0. The molecule has 1 aromatic rings. The lowest BCUT2D eigenvalue weighted by Gasteiger charge is -2.38. The predicted molar refractivity (Wildman–Crippen MR) is 57.3 cm³/mol. The molecule has 0 atom stereocenters. The molecule has 0 amide bonds. The van der Waals surface area contributed by atoms with E-state index < -0.39 is 0 Å². The lowest BCUT2D eigenvalue weighted by atomic mass is 9.68. The van der Waals surface area contributed by atoms with E-state index in [1.165, 1.54) is 31.7 Å². The summed E-state index contributed by atoms with van der Waals surface area (Å²) in [5.74, 6) is 0.357. The van der Waals surface area contributed by atoms with Crippen LogP contribution in [0.2, 0.25) is 0 Å². The number of nitrogens with zero attached hydrogens (tertiary/aromatic N) is 2. The summed E-state index contributed by atoms with van der Waals surface area (Å²) in [6, 6.07) is 3.14. The molecule has 1 saturated carbocycles. The maximum absolute atomic E-state index is 13.5. The van der Waals surface area contributed by atoms with Gasteiger partial charge in [0.1, 0.15) is 0 Å². The van der Waals surface area contributed by atoms with Gasteiger partial charge in [-0.25, -0.2) is 9.37 Å². The van der Waals surface area contributed by atoms with Crippen molar-refractivity contribution in [2.75, 3.05) is 18.0 Å². The molecule has 2 aliphatic rings. The predicted octanol–water partition coefficient (Wildman–Crippen LogP) is 2.60. The van der Waals surface area contributed by atoms with E-state index >= 15 is 0 Å². The van der Waals surface area contributed by atoms with E-state index in [-0.39, 0.29) is 5.82 Å². The van der Waals surface area contributed by atoms with E-state index in [4.69, 9.17) is 0 Å². The molecule has 0 N–H and O–H groups in total. The van der Waals surface area contributed by atoms with Gasteiger partial charge in [0.15, 0.2) is 11.6 Å². The van der Waals surface area contributed by atoms with Crippen LogP contribution in [0.4, 0.5) is 10.2 Å². The normalized spacial score (nSPS) is 23.1. The second-order valence-electron chi connectivity index (χ2n) is 4.83. The van der Waals surface area contributed by atoms with Crippen LogP contribution in [-0.2, 0) is 0 Å². The Balaban J connectivity index is 1.82. The fourth-order valence-electron chi connectivity index (χ4n) is 2.81. The first-order valence-corrected chi connectivity index (χ1v) is 5.65. The third-order valence-corrected chi connectivity index (χ3v) is 3.89. The van der Waals surface area contributed by atoms with Crippen molar-refractivity contribution in [3.05, 3.63) is 24.1 Å². The van der Waals surface area contributed by atoms with E-state index in [1.807, 2.05) is 0 Å². The van der Waals surface area contributed by atoms with Gasteiger partial charge in [0, 0.05) is 19.3 Å². The molecule has 2 nitrogen and oxygen atoms in total. The first kappa shape index (κ1) is 9.13. The first-order valence-electron chi connectivity index (χ1n) is 5.65. The number of anilines is 1. The molecule has 1 aliphatic carbocycles. The number of halogens is 1. The fourth-order valence-corrected chi connectivity index (χ4v) is 2.81. The minimum atomic E-state index is -0.186. The summed E-state index contributed by atoms with van der Waals surface area (Å²) in [6.45, 7) is 1.97. The van der Waals surface area contributed by atoms with Gasteiger partial charge in [0.2, 0.25) is 0 Å². The molecule has 0 bridgehead atoms. The van der Waals surface area contributed by atoms with Crippen molar-refractivity contribution in [1.29, 1.82) is 0 Å². The second-order valence-corrected chi connectivity index (χ2v) is 4.83. The number of hydrogen-bond donors (Lipinski definition) is 0. The Bertz CT molecular complexity index is 374. The van der Waals surface area contributed by atoms with Crippen LogP contribution in [0, 0.1) is 11.2 Å². The summed E-state index contributed by atoms with van der Waals surface area (Å²) in [6.07, 6.45) is 6.86. The molecule has 3 heteroatoms. The smallest absolute Gasteiger partial charge is 0.165 e. The highest BCUT2D eigenvalue weighted by atomic mass is 19.1. The van der Waals surface area contributed by atoms with Crippen molar-refractivity contribution < 1.29 is 4.39 Å². The van der Waals surface area contributed by atoms with Crippen LogP contribution in [0.5, 0.6) is 0 Å². The molecule has 80 valence electrons. The zero-order chi connectivity index (χ0) is 10.3. The second kappa shape index (κ2) is 3.19. The summed E-state index contributed by atoms with van der Waals surface area (Å²) in [5.41, 5.74) is 0.504. The van der Waals surface area contributed by atoms with Crippen LogP contribution < -0.4 is 4.90 Å². The van der Waals surface area contributed by atoms with Gasteiger partial charge in [0.25, 0.3) is 0 Å². The summed E-state index contributed by atoms with van der Waals surface area (Å²) in [5, 5.41) is 0. The van der Waals surface area contributed by atoms with Gasteiger partial charge in [0.05, 0.1) is 0 Å². The van der Waals surface area contributed by atoms with Gasteiger partial charge >= 0.3 is 0 Å². The van der Waals surface area contributed by atoms with Crippen LogP contribution in [0.1, 0.15) is 25.7 Å². The molecule has 2 fully saturated rings. The third kappa shape index (κ3) is 1.41. The first-order chi connectivity index (χ1) is 7.29. The largest absolute Gasteiger partial charge is 0.354 e. The van der Waals surface area contributed by atoms with Crippen molar-refractivity contribution in [2.45, 2.75) is 25.7 Å². The van der Waals surface area contributed by atoms with Crippen LogP contribution in [-0.4, -0.2) is 18.1 Å². The summed E-state index contributed by atoms with van der Waals surface area (Å²) in [7, 11) is 0. The number of pyridine rings is 1. The lowest BCUT2D eigenvalue weighted by molar-refractivity contribution is 0.165. The van der Waals surface area contributed by atoms with Crippen molar-refractivity contribution in [2.24, 2.45) is 5.41 Å². The monoisotopic (exact) mass is 206 g/mol. The zero-order valence-electron chi connectivity index (χ0n) is 8.75. The van der Waals surface area contributed by atoms with Gasteiger partial charge in [-0.05, 0) is 36.8 Å². The number of aromatic nitrogens is 1. The van der Waals surface area contributed by atoms with Gasteiger partial charge < -0.3 is 4.90 Å². The Kier molecular flexibility index (Phi) is 1.94. The molecule has 15 heavy (non-hydrogen) atoms. The third-order valence-electron chi connectivity index (χ3n) is 3.89. The van der Waals surface area contributed by atoms with Gasteiger partial charge in [-0.15, -0.1) is 0 Å². The minimum Gasteiger partial charge on any atom is -0.354 e. The Labute approximate surface area is 89.1 Å². The molecule has 2 heterocycles. The Morgan fingerprint density at radius 1 is 1.33 bits per heavy atom. The van der Waals surface area contributed by atoms with Gasteiger partial charge in [-0.2, -0.15) is 0 Å². The minimum absolute atomic E-state index is 0.186. The van der Waals surface area contributed by atoms with E-state index in [2.05, 4.69) is 9.88 Å². The topological polar surface area (TPSA) is 16.1 Å². The standard InChI is InChI=1S/C12H15FN2/c13-10-3-1-7-14-11(10)15-8-6-12(9-15)4-2-5-12/h1,3,7H,2,4-6,8-9H2. The van der Waals surface area contributed by atoms with Crippen LogP contribution in [0.25, 0.3) is 0 Å². The Morgan fingerprint density at radius 3 is 2.80 bits per heavy atom.